The van der Waals surface area contributed by atoms with Gasteiger partial charge in [0.15, 0.2) is 0 Å². The maximum absolute atomic E-state index is 12.7. The third kappa shape index (κ3) is 3.51. The van der Waals surface area contributed by atoms with E-state index in [0.717, 1.165) is 43.6 Å². The number of hydrogen-bond acceptors (Lipinski definition) is 5. The molecular weight excluding hydrogens is 318 g/mol. The van der Waals surface area contributed by atoms with Gasteiger partial charge in [-0.25, -0.2) is 0 Å². The maximum atomic E-state index is 12.7. The zero-order valence-electron chi connectivity index (χ0n) is 14.4. The van der Waals surface area contributed by atoms with E-state index >= 15 is 0 Å². The van der Waals surface area contributed by atoms with E-state index in [-0.39, 0.29) is 17.6 Å². The standard InChI is InChI=1S/C18H23N5O2/c1-22-8-3-13(21-22)11-18(5-6-18)20-17(25)16-10-14(2-7-19-16)23-9-4-15(24)12-23/h2-3,7-8,10,15,24H,4-6,9,11-12H2,1H3,(H,20,25)/t15-/m0/s1. The molecule has 2 aliphatic rings. The Balaban J connectivity index is 1.44. The molecule has 7 heteroatoms. The van der Waals surface area contributed by atoms with Gasteiger partial charge in [-0.1, -0.05) is 0 Å². The number of carbonyl (C=O) groups excluding carboxylic acids is 1. The molecule has 1 saturated heterocycles. The molecule has 25 heavy (non-hydrogen) atoms. The van der Waals surface area contributed by atoms with Crippen LogP contribution < -0.4 is 10.2 Å². The zero-order chi connectivity index (χ0) is 17.4. The van der Waals surface area contributed by atoms with Crippen LogP contribution in [0.3, 0.4) is 0 Å². The normalized spacial score (nSPS) is 21.4. The number of nitrogens with zero attached hydrogens (tertiary/aromatic N) is 4. The fourth-order valence-corrected chi connectivity index (χ4v) is 3.42. The molecule has 2 aromatic heterocycles. The van der Waals surface area contributed by atoms with Gasteiger partial charge < -0.3 is 15.3 Å². The van der Waals surface area contributed by atoms with Crippen LogP contribution in [-0.4, -0.2) is 50.5 Å². The second-order valence-corrected chi connectivity index (χ2v) is 7.18. The average molecular weight is 341 g/mol. The first-order chi connectivity index (χ1) is 12.0. The summed E-state index contributed by atoms with van der Waals surface area (Å²) in [5.74, 6) is -0.143. The number of aromatic nitrogens is 3. The lowest BCUT2D eigenvalue weighted by Gasteiger charge is -2.19. The highest BCUT2D eigenvalue weighted by molar-refractivity contribution is 5.94. The number of nitrogens with one attached hydrogen (secondary N) is 1. The molecule has 0 bridgehead atoms. The Morgan fingerprint density at radius 2 is 2.28 bits per heavy atom. The van der Waals surface area contributed by atoms with E-state index < -0.39 is 0 Å². The number of hydrogen-bond donors (Lipinski definition) is 2. The van der Waals surface area contributed by atoms with E-state index in [9.17, 15) is 9.90 Å². The molecule has 0 radical (unpaired) electrons. The molecule has 1 aliphatic heterocycles. The van der Waals surface area contributed by atoms with E-state index in [2.05, 4.69) is 20.3 Å². The molecule has 1 atom stereocenters. The van der Waals surface area contributed by atoms with Crippen molar-refractivity contribution in [3.8, 4) is 0 Å². The van der Waals surface area contributed by atoms with Crippen LogP contribution in [0, 0.1) is 0 Å². The van der Waals surface area contributed by atoms with Gasteiger partial charge in [0.2, 0.25) is 0 Å². The Bertz CT molecular complexity index is 783. The number of aryl methyl sites for hydroxylation is 1. The van der Waals surface area contributed by atoms with Crippen molar-refractivity contribution in [1.29, 1.82) is 0 Å². The molecule has 2 fully saturated rings. The second-order valence-electron chi connectivity index (χ2n) is 7.18. The highest BCUT2D eigenvalue weighted by Gasteiger charge is 2.44. The van der Waals surface area contributed by atoms with Crippen LogP contribution in [0.15, 0.2) is 30.6 Å². The van der Waals surface area contributed by atoms with Gasteiger partial charge in [-0.2, -0.15) is 5.10 Å². The van der Waals surface area contributed by atoms with Gasteiger partial charge in [0.1, 0.15) is 5.69 Å². The number of β-amino-alcohol motifs (C(OH)–C–C–N with tert-alkyl or cyclic N) is 1. The molecule has 3 heterocycles. The number of pyridine rings is 1. The van der Waals surface area contributed by atoms with Crippen molar-refractivity contribution >= 4 is 11.6 Å². The zero-order valence-corrected chi connectivity index (χ0v) is 14.4. The number of rotatable bonds is 5. The molecule has 2 aromatic rings. The molecule has 7 nitrogen and oxygen atoms in total. The molecule has 132 valence electrons. The van der Waals surface area contributed by atoms with Crippen LogP contribution in [0.2, 0.25) is 0 Å². The topological polar surface area (TPSA) is 83.3 Å². The Morgan fingerprint density at radius 1 is 1.44 bits per heavy atom. The number of aliphatic hydroxyl groups excluding tert-OH is 1. The van der Waals surface area contributed by atoms with Gasteiger partial charge in [0, 0.05) is 50.2 Å². The lowest BCUT2D eigenvalue weighted by molar-refractivity contribution is 0.0926. The first kappa shape index (κ1) is 16.1. The highest BCUT2D eigenvalue weighted by Crippen LogP contribution is 2.38. The average Bonchev–Trinajstić information content (AvgIpc) is 2.99. The fourth-order valence-electron chi connectivity index (χ4n) is 3.42. The molecule has 2 N–H and O–H groups in total. The molecule has 0 spiro atoms. The largest absolute Gasteiger partial charge is 0.391 e. The minimum absolute atomic E-state index is 0.143. The second kappa shape index (κ2) is 6.15. The summed E-state index contributed by atoms with van der Waals surface area (Å²) >= 11 is 0. The van der Waals surface area contributed by atoms with E-state index in [1.54, 1.807) is 10.9 Å². The number of aliphatic hydroxyl groups is 1. The summed E-state index contributed by atoms with van der Waals surface area (Å²) in [5.41, 5.74) is 2.16. The van der Waals surface area contributed by atoms with Gasteiger partial charge in [0.25, 0.3) is 5.91 Å². The summed E-state index contributed by atoms with van der Waals surface area (Å²) in [6.07, 6.45) is 6.73. The summed E-state index contributed by atoms with van der Waals surface area (Å²) < 4.78 is 1.78. The third-order valence-electron chi connectivity index (χ3n) is 5.03. The monoisotopic (exact) mass is 341 g/mol. The summed E-state index contributed by atoms with van der Waals surface area (Å²) in [6, 6.07) is 5.68. The Kier molecular flexibility index (Phi) is 3.95. The highest BCUT2D eigenvalue weighted by atomic mass is 16.3. The van der Waals surface area contributed by atoms with Crippen molar-refractivity contribution in [2.75, 3.05) is 18.0 Å². The van der Waals surface area contributed by atoms with Crippen molar-refractivity contribution in [3.05, 3.63) is 42.0 Å². The fraction of sp³-hybridized carbons (Fsp3) is 0.500. The number of anilines is 1. The van der Waals surface area contributed by atoms with E-state index in [1.807, 2.05) is 31.4 Å². The third-order valence-corrected chi connectivity index (χ3v) is 5.03. The Hall–Kier alpha value is -2.41. The van der Waals surface area contributed by atoms with Gasteiger partial charge in [-0.3, -0.25) is 14.5 Å². The van der Waals surface area contributed by atoms with Gasteiger partial charge in [0.05, 0.1) is 11.8 Å². The van der Waals surface area contributed by atoms with Crippen molar-refractivity contribution in [2.24, 2.45) is 7.05 Å². The van der Waals surface area contributed by atoms with Crippen molar-refractivity contribution < 1.29 is 9.90 Å². The van der Waals surface area contributed by atoms with Crippen LogP contribution in [0.1, 0.15) is 35.4 Å². The molecule has 0 aromatic carbocycles. The van der Waals surface area contributed by atoms with Crippen molar-refractivity contribution in [3.63, 3.8) is 0 Å². The van der Waals surface area contributed by atoms with Crippen molar-refractivity contribution in [2.45, 2.75) is 37.3 Å². The van der Waals surface area contributed by atoms with Crippen LogP contribution >= 0.6 is 0 Å². The minimum Gasteiger partial charge on any atom is -0.391 e. The Morgan fingerprint density at radius 3 is 2.92 bits per heavy atom. The minimum atomic E-state index is -0.293. The predicted octanol–water partition coefficient (Wildman–Crippen LogP) is 0.891. The van der Waals surface area contributed by atoms with Gasteiger partial charge in [-0.15, -0.1) is 0 Å². The number of amides is 1. The molecule has 1 saturated carbocycles. The predicted molar refractivity (Wildman–Crippen MR) is 93.4 cm³/mol. The van der Waals surface area contributed by atoms with Crippen molar-refractivity contribution in [1.82, 2.24) is 20.1 Å². The van der Waals surface area contributed by atoms with Crippen LogP contribution in [-0.2, 0) is 13.5 Å². The van der Waals surface area contributed by atoms with Gasteiger partial charge in [-0.05, 0) is 37.5 Å². The molecule has 1 amide bonds. The first-order valence-electron chi connectivity index (χ1n) is 8.73. The summed E-state index contributed by atoms with van der Waals surface area (Å²) in [6.45, 7) is 1.41. The number of carbonyl (C=O) groups is 1. The lowest BCUT2D eigenvalue weighted by Crippen LogP contribution is -2.39. The smallest absolute Gasteiger partial charge is 0.270 e. The summed E-state index contributed by atoms with van der Waals surface area (Å²) in [4.78, 5) is 19.0. The first-order valence-corrected chi connectivity index (χ1v) is 8.73. The molecule has 4 rings (SSSR count). The van der Waals surface area contributed by atoms with E-state index in [0.29, 0.717) is 12.2 Å². The Labute approximate surface area is 146 Å². The van der Waals surface area contributed by atoms with Crippen LogP contribution in [0.25, 0.3) is 0 Å². The lowest BCUT2D eigenvalue weighted by atomic mass is 10.1. The SMILES string of the molecule is Cn1ccc(CC2(NC(=O)c3cc(N4CC[C@H](O)C4)ccn3)CC2)n1. The molecule has 0 unspecified atom stereocenters. The summed E-state index contributed by atoms with van der Waals surface area (Å²) in [7, 11) is 1.90. The molecule has 1 aliphatic carbocycles. The molecular formula is C18H23N5O2. The van der Waals surface area contributed by atoms with Crippen LogP contribution in [0.5, 0.6) is 0 Å². The van der Waals surface area contributed by atoms with Gasteiger partial charge >= 0.3 is 0 Å². The maximum Gasteiger partial charge on any atom is 0.270 e. The van der Waals surface area contributed by atoms with E-state index in [1.165, 1.54) is 0 Å². The quantitative estimate of drug-likeness (QED) is 0.844. The van der Waals surface area contributed by atoms with Crippen LogP contribution in [0.4, 0.5) is 5.69 Å². The van der Waals surface area contributed by atoms with E-state index in [4.69, 9.17) is 0 Å². The summed E-state index contributed by atoms with van der Waals surface area (Å²) in [5, 5.41) is 17.3.